The molecule has 0 radical (unpaired) electrons. The summed E-state index contributed by atoms with van der Waals surface area (Å²) in [5.74, 6) is 0.773. The van der Waals surface area contributed by atoms with Gasteiger partial charge in [-0.05, 0) is 30.7 Å². The Balaban J connectivity index is 1.73. The van der Waals surface area contributed by atoms with Gasteiger partial charge in [-0.2, -0.15) is 0 Å². The number of aromatic nitrogens is 2. The zero-order valence-electron chi connectivity index (χ0n) is 12.5. The molecule has 2 aromatic heterocycles. The number of amides is 1. The van der Waals surface area contributed by atoms with Crippen molar-refractivity contribution in [1.29, 1.82) is 0 Å². The van der Waals surface area contributed by atoms with Crippen LogP contribution in [0.15, 0.2) is 53.5 Å². The van der Waals surface area contributed by atoms with E-state index in [2.05, 4.69) is 15.3 Å². The number of thiazole rings is 1. The van der Waals surface area contributed by atoms with Crippen molar-refractivity contribution in [2.24, 2.45) is 0 Å². The number of anilines is 1. The average molecular weight is 325 g/mol. The van der Waals surface area contributed by atoms with Crippen molar-refractivity contribution in [1.82, 2.24) is 9.97 Å². The molecule has 0 aliphatic carbocycles. The fourth-order valence-corrected chi connectivity index (χ4v) is 2.51. The molecule has 116 valence electrons. The minimum Gasteiger partial charge on any atom is -0.486 e. The highest BCUT2D eigenvalue weighted by molar-refractivity contribution is 7.07. The molecule has 0 aliphatic rings. The van der Waals surface area contributed by atoms with Gasteiger partial charge in [0.1, 0.15) is 18.2 Å². The molecule has 0 bridgehead atoms. The number of hydrogen-bond donors (Lipinski definition) is 1. The molecule has 0 saturated carbocycles. The van der Waals surface area contributed by atoms with Gasteiger partial charge in [-0.15, -0.1) is 11.3 Å². The van der Waals surface area contributed by atoms with Gasteiger partial charge in [0.05, 0.1) is 16.8 Å². The van der Waals surface area contributed by atoms with E-state index in [1.807, 2.05) is 24.4 Å². The Kier molecular flexibility index (Phi) is 4.63. The summed E-state index contributed by atoms with van der Waals surface area (Å²) in [5.41, 5.74) is 4.09. The molecule has 5 nitrogen and oxygen atoms in total. The van der Waals surface area contributed by atoms with Crippen LogP contribution in [0.5, 0.6) is 5.75 Å². The molecule has 0 spiro atoms. The number of rotatable bonds is 5. The quantitative estimate of drug-likeness (QED) is 0.777. The molecule has 0 atom stereocenters. The van der Waals surface area contributed by atoms with E-state index in [1.54, 1.807) is 36.0 Å². The maximum Gasteiger partial charge on any atom is 0.260 e. The first-order chi connectivity index (χ1) is 11.2. The Morgan fingerprint density at radius 2 is 2.09 bits per heavy atom. The van der Waals surface area contributed by atoms with E-state index in [0.717, 1.165) is 11.3 Å². The van der Waals surface area contributed by atoms with Gasteiger partial charge in [0.2, 0.25) is 0 Å². The molecule has 0 saturated heterocycles. The van der Waals surface area contributed by atoms with Gasteiger partial charge in [-0.1, -0.05) is 18.2 Å². The summed E-state index contributed by atoms with van der Waals surface area (Å²) in [6.45, 7) is 2.27. The van der Waals surface area contributed by atoms with Crippen molar-refractivity contribution >= 4 is 23.1 Å². The smallest absolute Gasteiger partial charge is 0.260 e. The van der Waals surface area contributed by atoms with Gasteiger partial charge >= 0.3 is 0 Å². The number of nitrogens with one attached hydrogen (secondary N) is 1. The SMILES string of the molecule is Cc1ccc(NC(=O)c2ccccc2OCc2cscn2)nc1. The largest absolute Gasteiger partial charge is 0.486 e. The first kappa shape index (κ1) is 15.2. The van der Waals surface area contributed by atoms with Crippen LogP contribution in [0.3, 0.4) is 0 Å². The third kappa shape index (κ3) is 3.92. The van der Waals surface area contributed by atoms with Crippen molar-refractivity contribution in [3.63, 3.8) is 0 Å². The van der Waals surface area contributed by atoms with Gasteiger partial charge in [0.15, 0.2) is 0 Å². The normalized spacial score (nSPS) is 10.3. The van der Waals surface area contributed by atoms with Gasteiger partial charge in [-0.25, -0.2) is 9.97 Å². The summed E-state index contributed by atoms with van der Waals surface area (Å²) >= 11 is 1.51. The predicted octanol–water partition coefficient (Wildman–Crippen LogP) is 3.68. The van der Waals surface area contributed by atoms with Crippen LogP contribution in [0, 0.1) is 6.92 Å². The van der Waals surface area contributed by atoms with Gasteiger partial charge in [0, 0.05) is 11.6 Å². The average Bonchev–Trinajstić information content (AvgIpc) is 3.09. The number of hydrogen-bond acceptors (Lipinski definition) is 5. The van der Waals surface area contributed by atoms with E-state index in [9.17, 15) is 4.79 Å². The number of pyridine rings is 1. The molecule has 0 fully saturated rings. The lowest BCUT2D eigenvalue weighted by atomic mass is 10.2. The van der Waals surface area contributed by atoms with E-state index < -0.39 is 0 Å². The number of ether oxygens (including phenoxy) is 1. The van der Waals surface area contributed by atoms with E-state index >= 15 is 0 Å². The molecule has 3 aromatic rings. The van der Waals surface area contributed by atoms with Crippen LogP contribution >= 0.6 is 11.3 Å². The molecule has 1 N–H and O–H groups in total. The van der Waals surface area contributed by atoms with Crippen molar-refractivity contribution in [3.05, 3.63) is 70.3 Å². The highest BCUT2D eigenvalue weighted by atomic mass is 32.1. The predicted molar refractivity (Wildman–Crippen MR) is 89.8 cm³/mol. The first-order valence-corrected chi connectivity index (χ1v) is 7.99. The molecule has 23 heavy (non-hydrogen) atoms. The third-order valence-electron chi connectivity index (χ3n) is 3.14. The lowest BCUT2D eigenvalue weighted by molar-refractivity contribution is 0.102. The Hall–Kier alpha value is -2.73. The lowest BCUT2D eigenvalue weighted by Crippen LogP contribution is -2.14. The molecule has 3 rings (SSSR count). The topological polar surface area (TPSA) is 64.1 Å². The Morgan fingerprint density at radius 3 is 2.83 bits per heavy atom. The van der Waals surface area contributed by atoms with Crippen molar-refractivity contribution in [3.8, 4) is 5.75 Å². The summed E-state index contributed by atoms with van der Waals surface area (Å²) in [4.78, 5) is 20.8. The third-order valence-corrected chi connectivity index (χ3v) is 3.78. The molecule has 1 aromatic carbocycles. The van der Waals surface area contributed by atoms with Crippen LogP contribution in [-0.4, -0.2) is 15.9 Å². The lowest BCUT2D eigenvalue weighted by Gasteiger charge is -2.10. The Labute approximate surface area is 138 Å². The van der Waals surface area contributed by atoms with Crippen LogP contribution in [0.1, 0.15) is 21.6 Å². The van der Waals surface area contributed by atoms with Crippen LogP contribution in [0.25, 0.3) is 0 Å². The van der Waals surface area contributed by atoms with Crippen molar-refractivity contribution in [2.45, 2.75) is 13.5 Å². The second-order valence-electron chi connectivity index (χ2n) is 4.94. The van der Waals surface area contributed by atoms with Crippen LogP contribution < -0.4 is 10.1 Å². The van der Waals surface area contributed by atoms with Crippen LogP contribution in [-0.2, 0) is 6.61 Å². The monoisotopic (exact) mass is 325 g/mol. The number of nitrogens with zero attached hydrogens (tertiary/aromatic N) is 2. The second-order valence-corrected chi connectivity index (χ2v) is 5.66. The number of para-hydroxylation sites is 1. The number of benzene rings is 1. The van der Waals surface area contributed by atoms with Crippen molar-refractivity contribution < 1.29 is 9.53 Å². The van der Waals surface area contributed by atoms with E-state index in [0.29, 0.717) is 23.7 Å². The standard InChI is InChI=1S/C17H15N3O2S/c1-12-6-7-16(18-8-12)20-17(21)14-4-2-3-5-15(14)22-9-13-10-23-11-19-13/h2-8,10-11H,9H2,1H3,(H,18,20,21). The number of carbonyl (C=O) groups is 1. The summed E-state index contributed by atoms with van der Waals surface area (Å²) in [6.07, 6.45) is 1.71. The molecular weight excluding hydrogens is 310 g/mol. The van der Waals surface area contributed by atoms with Gasteiger partial charge in [0.25, 0.3) is 5.91 Å². The van der Waals surface area contributed by atoms with Gasteiger partial charge in [-0.3, -0.25) is 4.79 Å². The zero-order chi connectivity index (χ0) is 16.1. The minimum absolute atomic E-state index is 0.254. The number of aryl methyl sites for hydroxylation is 1. The minimum atomic E-state index is -0.254. The summed E-state index contributed by atoms with van der Waals surface area (Å²) in [6, 6.07) is 10.8. The van der Waals surface area contributed by atoms with E-state index in [4.69, 9.17) is 4.74 Å². The van der Waals surface area contributed by atoms with E-state index in [-0.39, 0.29) is 5.91 Å². The Bertz CT molecular complexity index is 786. The summed E-state index contributed by atoms with van der Waals surface area (Å²) in [5, 5.41) is 4.69. The molecule has 0 aliphatic heterocycles. The molecule has 6 heteroatoms. The summed E-state index contributed by atoms with van der Waals surface area (Å²) in [7, 11) is 0. The van der Waals surface area contributed by atoms with Crippen LogP contribution in [0.4, 0.5) is 5.82 Å². The maximum absolute atomic E-state index is 12.4. The highest BCUT2D eigenvalue weighted by Crippen LogP contribution is 2.20. The van der Waals surface area contributed by atoms with Gasteiger partial charge < -0.3 is 10.1 Å². The van der Waals surface area contributed by atoms with Crippen molar-refractivity contribution in [2.75, 3.05) is 5.32 Å². The molecule has 0 unspecified atom stereocenters. The molecule has 2 heterocycles. The molecule has 1 amide bonds. The Morgan fingerprint density at radius 1 is 1.22 bits per heavy atom. The van der Waals surface area contributed by atoms with Crippen LogP contribution in [0.2, 0.25) is 0 Å². The maximum atomic E-state index is 12.4. The summed E-state index contributed by atoms with van der Waals surface area (Å²) < 4.78 is 5.72. The first-order valence-electron chi connectivity index (χ1n) is 7.05. The highest BCUT2D eigenvalue weighted by Gasteiger charge is 2.13. The zero-order valence-corrected chi connectivity index (χ0v) is 13.3. The fourth-order valence-electron chi connectivity index (χ4n) is 1.97. The molecular formula is C17H15N3O2S. The fraction of sp³-hybridized carbons (Fsp3) is 0.118. The number of carbonyl (C=O) groups excluding carboxylic acids is 1. The second kappa shape index (κ2) is 7.02. The van der Waals surface area contributed by atoms with E-state index in [1.165, 1.54) is 11.3 Å².